The molecule has 2 heterocycles. The minimum Gasteiger partial charge on any atom is -0.484 e. The van der Waals surface area contributed by atoms with Crippen LogP contribution in [0.15, 0.2) is 28.8 Å². The molecule has 1 aliphatic rings. The quantitative estimate of drug-likeness (QED) is 0.810. The van der Waals surface area contributed by atoms with Crippen molar-refractivity contribution in [3.63, 3.8) is 0 Å². The summed E-state index contributed by atoms with van der Waals surface area (Å²) >= 11 is 0. The molecule has 1 saturated heterocycles. The van der Waals surface area contributed by atoms with Gasteiger partial charge in [0.2, 0.25) is 5.91 Å². The third kappa shape index (κ3) is 4.93. The van der Waals surface area contributed by atoms with Crippen molar-refractivity contribution in [1.82, 2.24) is 15.5 Å². The fourth-order valence-electron chi connectivity index (χ4n) is 2.60. The van der Waals surface area contributed by atoms with Gasteiger partial charge >= 0.3 is 0 Å². The van der Waals surface area contributed by atoms with Crippen molar-refractivity contribution in [2.24, 2.45) is 0 Å². The molecule has 3 rings (SSSR count). The smallest absolute Gasteiger partial charge is 0.264 e. The number of anilines is 1. The van der Waals surface area contributed by atoms with Gasteiger partial charge in [-0.3, -0.25) is 4.79 Å². The third-order valence-electron chi connectivity index (χ3n) is 4.08. The van der Waals surface area contributed by atoms with Crippen LogP contribution in [0.1, 0.15) is 31.5 Å². The van der Waals surface area contributed by atoms with Gasteiger partial charge in [0.05, 0.1) is 0 Å². The maximum absolute atomic E-state index is 11.7. The topological polar surface area (TPSA) is 80.5 Å². The zero-order valence-electron chi connectivity index (χ0n) is 14.4. The SMILES string of the molecule is CNC(C)Cc1noc(COc2ccc(N3CCCC3=O)cc2)n1.Cl. The molecule has 8 heteroatoms. The monoisotopic (exact) mass is 366 g/mol. The molecule has 0 aliphatic carbocycles. The highest BCUT2D eigenvalue weighted by Crippen LogP contribution is 2.24. The Morgan fingerprint density at radius 2 is 2.12 bits per heavy atom. The molecular formula is C17H23ClN4O3. The number of halogens is 1. The molecule has 2 aromatic rings. The van der Waals surface area contributed by atoms with Crippen molar-refractivity contribution < 1.29 is 14.1 Å². The first kappa shape index (κ1) is 19.2. The molecule has 0 bridgehead atoms. The van der Waals surface area contributed by atoms with E-state index in [9.17, 15) is 4.79 Å². The lowest BCUT2D eigenvalue weighted by Gasteiger charge is -2.15. The summed E-state index contributed by atoms with van der Waals surface area (Å²) < 4.78 is 10.8. The number of nitrogens with zero attached hydrogens (tertiary/aromatic N) is 3. The Balaban J connectivity index is 0.00000225. The molecule has 7 nitrogen and oxygen atoms in total. The van der Waals surface area contributed by atoms with Gasteiger partial charge in [0.25, 0.3) is 5.89 Å². The van der Waals surface area contributed by atoms with Gasteiger partial charge in [-0.2, -0.15) is 4.98 Å². The predicted octanol–water partition coefficient (Wildman–Crippen LogP) is 2.35. The molecular weight excluding hydrogens is 344 g/mol. The van der Waals surface area contributed by atoms with Gasteiger partial charge in [-0.25, -0.2) is 0 Å². The molecule has 136 valence electrons. The van der Waals surface area contributed by atoms with Crippen molar-refractivity contribution in [3.05, 3.63) is 36.0 Å². The van der Waals surface area contributed by atoms with Gasteiger partial charge in [-0.05, 0) is 44.7 Å². The first-order chi connectivity index (χ1) is 11.7. The molecule has 1 aliphatic heterocycles. The molecule has 1 aromatic heterocycles. The predicted molar refractivity (Wildman–Crippen MR) is 96.1 cm³/mol. The van der Waals surface area contributed by atoms with Crippen molar-refractivity contribution in [2.45, 2.75) is 38.8 Å². The largest absolute Gasteiger partial charge is 0.484 e. The fourth-order valence-corrected chi connectivity index (χ4v) is 2.60. The molecule has 1 atom stereocenters. The number of amides is 1. The van der Waals surface area contributed by atoms with Gasteiger partial charge in [-0.1, -0.05) is 5.16 Å². The summed E-state index contributed by atoms with van der Waals surface area (Å²) in [4.78, 5) is 17.8. The highest BCUT2D eigenvalue weighted by molar-refractivity contribution is 5.95. The second kappa shape index (κ2) is 8.82. The van der Waals surface area contributed by atoms with Crippen LogP contribution in [0.5, 0.6) is 5.75 Å². The van der Waals surface area contributed by atoms with Crippen LogP contribution in [0, 0.1) is 0 Å². The minimum absolute atomic E-state index is 0. The molecule has 0 radical (unpaired) electrons. The number of benzene rings is 1. The van der Waals surface area contributed by atoms with E-state index in [-0.39, 0.29) is 31.0 Å². The molecule has 1 N–H and O–H groups in total. The van der Waals surface area contributed by atoms with Crippen LogP contribution >= 0.6 is 12.4 Å². The Morgan fingerprint density at radius 3 is 2.76 bits per heavy atom. The number of ether oxygens (including phenoxy) is 1. The molecule has 0 saturated carbocycles. The van der Waals surface area contributed by atoms with Crippen molar-refractivity contribution in [1.29, 1.82) is 0 Å². The normalized spacial score (nSPS) is 15.1. The van der Waals surface area contributed by atoms with Crippen molar-refractivity contribution in [3.8, 4) is 5.75 Å². The highest BCUT2D eigenvalue weighted by atomic mass is 35.5. The van der Waals surface area contributed by atoms with E-state index in [4.69, 9.17) is 9.26 Å². The van der Waals surface area contributed by atoms with E-state index in [1.165, 1.54) is 0 Å². The van der Waals surface area contributed by atoms with E-state index in [2.05, 4.69) is 22.4 Å². The van der Waals surface area contributed by atoms with E-state index < -0.39 is 0 Å². The number of aromatic nitrogens is 2. The Morgan fingerprint density at radius 1 is 1.36 bits per heavy atom. The van der Waals surface area contributed by atoms with E-state index in [0.717, 1.165) is 18.7 Å². The van der Waals surface area contributed by atoms with E-state index in [0.29, 0.717) is 30.3 Å². The molecule has 1 aromatic carbocycles. The average molecular weight is 367 g/mol. The maximum atomic E-state index is 11.7. The summed E-state index contributed by atoms with van der Waals surface area (Å²) in [7, 11) is 1.90. The first-order valence-electron chi connectivity index (χ1n) is 8.17. The fraction of sp³-hybridized carbons (Fsp3) is 0.471. The Hall–Kier alpha value is -2.12. The summed E-state index contributed by atoms with van der Waals surface area (Å²) in [5, 5.41) is 7.07. The van der Waals surface area contributed by atoms with E-state index in [1.807, 2.05) is 31.3 Å². The first-order valence-corrected chi connectivity index (χ1v) is 8.17. The number of nitrogens with one attached hydrogen (secondary N) is 1. The van der Waals surface area contributed by atoms with Crippen molar-refractivity contribution in [2.75, 3.05) is 18.5 Å². The third-order valence-corrected chi connectivity index (χ3v) is 4.08. The molecule has 0 spiro atoms. The summed E-state index contributed by atoms with van der Waals surface area (Å²) in [6.45, 7) is 3.07. The second-order valence-electron chi connectivity index (χ2n) is 5.93. The van der Waals surface area contributed by atoms with Gasteiger partial charge < -0.3 is 19.5 Å². The second-order valence-corrected chi connectivity index (χ2v) is 5.93. The molecule has 25 heavy (non-hydrogen) atoms. The Kier molecular flexibility index (Phi) is 6.78. The molecule has 1 unspecified atom stereocenters. The highest BCUT2D eigenvalue weighted by Gasteiger charge is 2.21. The zero-order chi connectivity index (χ0) is 16.9. The van der Waals surface area contributed by atoms with Crippen LogP contribution in [0.4, 0.5) is 5.69 Å². The molecule has 1 amide bonds. The Bertz CT molecular complexity index is 689. The molecule has 1 fully saturated rings. The lowest BCUT2D eigenvalue weighted by atomic mass is 10.2. The minimum atomic E-state index is 0. The van der Waals surface area contributed by atoms with Crippen LogP contribution in [0.3, 0.4) is 0 Å². The number of rotatable bonds is 7. The standard InChI is InChI=1S/C17H22N4O3.ClH/c1-12(18-2)10-15-19-16(24-20-15)11-23-14-7-5-13(6-8-14)21-9-3-4-17(21)22;/h5-8,12,18H,3-4,9-11H2,1-2H3;1H. The summed E-state index contributed by atoms with van der Waals surface area (Å²) in [5.74, 6) is 2.00. The average Bonchev–Trinajstić information content (AvgIpc) is 3.22. The number of hydrogen-bond acceptors (Lipinski definition) is 6. The van der Waals surface area contributed by atoms with Crippen LogP contribution in [-0.4, -0.2) is 35.7 Å². The summed E-state index contributed by atoms with van der Waals surface area (Å²) in [5.41, 5.74) is 0.908. The van der Waals surface area contributed by atoms with Crippen molar-refractivity contribution >= 4 is 24.0 Å². The Labute approximate surface area is 153 Å². The van der Waals surface area contributed by atoms with E-state index in [1.54, 1.807) is 4.90 Å². The van der Waals surface area contributed by atoms with Crippen LogP contribution in [-0.2, 0) is 17.8 Å². The van der Waals surface area contributed by atoms with Gasteiger partial charge in [0.1, 0.15) is 5.75 Å². The summed E-state index contributed by atoms with van der Waals surface area (Å²) in [6, 6.07) is 7.78. The lowest BCUT2D eigenvalue weighted by Crippen LogP contribution is -2.24. The zero-order valence-corrected chi connectivity index (χ0v) is 15.2. The van der Waals surface area contributed by atoms with Gasteiger partial charge in [-0.15, -0.1) is 12.4 Å². The van der Waals surface area contributed by atoms with Crippen LogP contribution in [0.25, 0.3) is 0 Å². The van der Waals surface area contributed by atoms with Crippen LogP contribution in [0.2, 0.25) is 0 Å². The van der Waals surface area contributed by atoms with Gasteiger partial charge in [0.15, 0.2) is 12.4 Å². The maximum Gasteiger partial charge on any atom is 0.264 e. The number of hydrogen-bond donors (Lipinski definition) is 1. The summed E-state index contributed by atoms with van der Waals surface area (Å²) in [6.07, 6.45) is 2.26. The van der Waals surface area contributed by atoms with Gasteiger partial charge in [0, 0.05) is 31.1 Å². The van der Waals surface area contributed by atoms with E-state index >= 15 is 0 Å². The number of carbonyl (C=O) groups is 1. The lowest BCUT2D eigenvalue weighted by molar-refractivity contribution is -0.117. The number of likely N-dealkylation sites (N-methyl/N-ethyl adjacent to an activating group) is 1. The van der Waals surface area contributed by atoms with Crippen LogP contribution < -0.4 is 15.0 Å². The number of carbonyl (C=O) groups excluding carboxylic acids is 1.